The van der Waals surface area contributed by atoms with Crippen molar-refractivity contribution in [2.45, 2.75) is 33.1 Å². The van der Waals surface area contributed by atoms with Crippen LogP contribution in [0.5, 0.6) is 0 Å². The number of ether oxygens (including phenoxy) is 2. The number of esters is 1. The topological polar surface area (TPSA) is 35.5 Å². The van der Waals surface area contributed by atoms with E-state index in [4.69, 9.17) is 9.47 Å². The molecule has 0 amide bonds. The molecule has 1 rings (SSSR count). The first-order chi connectivity index (χ1) is 7.21. The standard InChI is InChI=1S/C12H20O3/c1-4-6-10-8-15-9-12(10,7-5-2)11(13)14-3/h6H,4-5,7-9H2,1-3H3/b10-6-. The second-order valence-corrected chi connectivity index (χ2v) is 3.95. The summed E-state index contributed by atoms with van der Waals surface area (Å²) in [6.45, 7) is 5.19. The molecule has 1 heterocycles. The smallest absolute Gasteiger partial charge is 0.318 e. The normalized spacial score (nSPS) is 28.3. The molecule has 0 radical (unpaired) electrons. The molecule has 0 aromatic rings. The third-order valence-electron chi connectivity index (χ3n) is 2.92. The molecule has 1 aliphatic rings. The highest BCUT2D eigenvalue weighted by Crippen LogP contribution is 2.39. The van der Waals surface area contributed by atoms with Crippen LogP contribution < -0.4 is 0 Å². The maximum absolute atomic E-state index is 11.9. The summed E-state index contributed by atoms with van der Waals surface area (Å²) >= 11 is 0. The van der Waals surface area contributed by atoms with Crippen LogP contribution in [-0.2, 0) is 14.3 Å². The number of methoxy groups -OCH3 is 1. The van der Waals surface area contributed by atoms with Crippen LogP contribution in [0.3, 0.4) is 0 Å². The predicted octanol–water partition coefficient (Wildman–Crippen LogP) is 2.31. The summed E-state index contributed by atoms with van der Waals surface area (Å²) in [5, 5.41) is 0. The largest absolute Gasteiger partial charge is 0.468 e. The average Bonchev–Trinajstić information content (AvgIpc) is 2.63. The highest BCUT2D eigenvalue weighted by molar-refractivity contribution is 5.81. The van der Waals surface area contributed by atoms with E-state index in [1.165, 1.54) is 7.11 Å². The van der Waals surface area contributed by atoms with Gasteiger partial charge in [-0.15, -0.1) is 0 Å². The molecule has 1 saturated heterocycles. The van der Waals surface area contributed by atoms with Crippen molar-refractivity contribution >= 4 is 5.97 Å². The van der Waals surface area contributed by atoms with E-state index in [0.717, 1.165) is 24.8 Å². The molecule has 1 aliphatic heterocycles. The van der Waals surface area contributed by atoms with E-state index >= 15 is 0 Å². The van der Waals surface area contributed by atoms with E-state index in [9.17, 15) is 4.79 Å². The molecule has 1 atom stereocenters. The van der Waals surface area contributed by atoms with E-state index in [1.54, 1.807) is 0 Å². The Morgan fingerprint density at radius 1 is 1.60 bits per heavy atom. The lowest BCUT2D eigenvalue weighted by molar-refractivity contribution is -0.151. The Labute approximate surface area is 91.4 Å². The molecule has 15 heavy (non-hydrogen) atoms. The molecule has 0 N–H and O–H groups in total. The number of hydrogen-bond donors (Lipinski definition) is 0. The minimum Gasteiger partial charge on any atom is -0.468 e. The van der Waals surface area contributed by atoms with Crippen molar-refractivity contribution in [1.29, 1.82) is 0 Å². The summed E-state index contributed by atoms with van der Waals surface area (Å²) < 4.78 is 10.3. The van der Waals surface area contributed by atoms with Gasteiger partial charge in [0.05, 0.1) is 20.3 Å². The molecule has 0 spiro atoms. The van der Waals surface area contributed by atoms with Crippen LogP contribution in [-0.4, -0.2) is 26.3 Å². The molecule has 0 aromatic heterocycles. The number of carbonyl (C=O) groups excluding carboxylic acids is 1. The third kappa shape index (κ3) is 2.23. The molecule has 86 valence electrons. The monoisotopic (exact) mass is 212 g/mol. The molecule has 3 heteroatoms. The van der Waals surface area contributed by atoms with Gasteiger partial charge in [-0.1, -0.05) is 26.3 Å². The fraction of sp³-hybridized carbons (Fsp3) is 0.750. The van der Waals surface area contributed by atoms with Crippen molar-refractivity contribution in [3.63, 3.8) is 0 Å². The fourth-order valence-corrected chi connectivity index (χ4v) is 2.21. The molecular weight excluding hydrogens is 192 g/mol. The number of rotatable bonds is 4. The molecule has 0 bridgehead atoms. The van der Waals surface area contributed by atoms with Crippen molar-refractivity contribution in [2.75, 3.05) is 20.3 Å². The number of hydrogen-bond acceptors (Lipinski definition) is 3. The predicted molar refractivity (Wildman–Crippen MR) is 58.6 cm³/mol. The van der Waals surface area contributed by atoms with Gasteiger partial charge in [0, 0.05) is 0 Å². The Bertz CT molecular complexity index is 258. The van der Waals surface area contributed by atoms with Gasteiger partial charge in [-0.05, 0) is 18.4 Å². The fourth-order valence-electron chi connectivity index (χ4n) is 2.21. The van der Waals surface area contributed by atoms with Crippen molar-refractivity contribution in [1.82, 2.24) is 0 Å². The van der Waals surface area contributed by atoms with Gasteiger partial charge < -0.3 is 9.47 Å². The van der Waals surface area contributed by atoms with Crippen LogP contribution in [0.25, 0.3) is 0 Å². The van der Waals surface area contributed by atoms with Crippen LogP contribution in [0, 0.1) is 5.41 Å². The lowest BCUT2D eigenvalue weighted by Gasteiger charge is -2.25. The molecule has 1 unspecified atom stereocenters. The molecule has 1 fully saturated rings. The highest BCUT2D eigenvalue weighted by atomic mass is 16.5. The first-order valence-electron chi connectivity index (χ1n) is 5.57. The lowest BCUT2D eigenvalue weighted by Crippen LogP contribution is -2.34. The van der Waals surface area contributed by atoms with Gasteiger partial charge in [-0.3, -0.25) is 4.79 Å². The average molecular weight is 212 g/mol. The third-order valence-corrected chi connectivity index (χ3v) is 2.92. The van der Waals surface area contributed by atoms with Crippen LogP contribution in [0.15, 0.2) is 11.6 Å². The minimum absolute atomic E-state index is 0.151. The van der Waals surface area contributed by atoms with E-state index in [0.29, 0.717) is 13.2 Å². The van der Waals surface area contributed by atoms with Crippen molar-refractivity contribution in [3.8, 4) is 0 Å². The van der Waals surface area contributed by atoms with Gasteiger partial charge in [-0.25, -0.2) is 0 Å². The zero-order valence-corrected chi connectivity index (χ0v) is 9.84. The van der Waals surface area contributed by atoms with Crippen LogP contribution >= 0.6 is 0 Å². The first kappa shape index (κ1) is 12.2. The molecule has 3 nitrogen and oxygen atoms in total. The highest BCUT2D eigenvalue weighted by Gasteiger charge is 2.46. The Hall–Kier alpha value is -0.830. The second-order valence-electron chi connectivity index (χ2n) is 3.95. The Kier molecular flexibility index (Phi) is 4.33. The first-order valence-corrected chi connectivity index (χ1v) is 5.57. The maximum Gasteiger partial charge on any atom is 0.318 e. The molecule has 0 aliphatic carbocycles. The zero-order chi connectivity index (χ0) is 11.3. The SMILES string of the molecule is CC/C=C1/COCC1(CCC)C(=O)OC. The maximum atomic E-state index is 11.9. The van der Waals surface area contributed by atoms with Gasteiger partial charge in [0.1, 0.15) is 5.41 Å². The lowest BCUT2D eigenvalue weighted by atomic mass is 9.78. The van der Waals surface area contributed by atoms with E-state index < -0.39 is 5.41 Å². The van der Waals surface area contributed by atoms with Gasteiger partial charge in [-0.2, -0.15) is 0 Å². The summed E-state index contributed by atoms with van der Waals surface area (Å²) in [7, 11) is 1.45. The second kappa shape index (κ2) is 5.31. The van der Waals surface area contributed by atoms with Crippen molar-refractivity contribution in [3.05, 3.63) is 11.6 Å². The molecule has 0 saturated carbocycles. The van der Waals surface area contributed by atoms with Crippen molar-refractivity contribution < 1.29 is 14.3 Å². The van der Waals surface area contributed by atoms with Crippen LogP contribution in [0.4, 0.5) is 0 Å². The summed E-state index contributed by atoms with van der Waals surface area (Å²) in [5.41, 5.74) is 0.596. The van der Waals surface area contributed by atoms with E-state index in [1.807, 2.05) is 0 Å². The summed E-state index contributed by atoms with van der Waals surface area (Å²) in [6, 6.07) is 0. The Morgan fingerprint density at radius 2 is 2.33 bits per heavy atom. The van der Waals surface area contributed by atoms with Gasteiger partial charge >= 0.3 is 5.97 Å². The van der Waals surface area contributed by atoms with Crippen LogP contribution in [0.1, 0.15) is 33.1 Å². The quantitative estimate of drug-likeness (QED) is 0.530. The van der Waals surface area contributed by atoms with Crippen molar-refractivity contribution in [2.24, 2.45) is 5.41 Å². The van der Waals surface area contributed by atoms with Gasteiger partial charge in [0.25, 0.3) is 0 Å². The summed E-state index contributed by atoms with van der Waals surface area (Å²) in [6.07, 6.45) is 4.80. The van der Waals surface area contributed by atoms with E-state index in [2.05, 4.69) is 19.9 Å². The Balaban J connectivity index is 2.97. The number of carbonyl (C=O) groups is 1. The van der Waals surface area contributed by atoms with Gasteiger partial charge in [0.15, 0.2) is 0 Å². The minimum atomic E-state index is -0.500. The molecule has 0 aromatic carbocycles. The number of allylic oxidation sites excluding steroid dienone is 1. The Morgan fingerprint density at radius 3 is 2.87 bits per heavy atom. The summed E-state index contributed by atoms with van der Waals surface area (Å²) in [4.78, 5) is 11.9. The van der Waals surface area contributed by atoms with Gasteiger partial charge in [0.2, 0.25) is 0 Å². The van der Waals surface area contributed by atoms with Crippen LogP contribution in [0.2, 0.25) is 0 Å². The zero-order valence-electron chi connectivity index (χ0n) is 9.84. The molecular formula is C12H20O3. The summed E-state index contributed by atoms with van der Waals surface area (Å²) in [5.74, 6) is -0.151. The van der Waals surface area contributed by atoms with E-state index in [-0.39, 0.29) is 5.97 Å².